The van der Waals surface area contributed by atoms with Crippen LogP contribution < -0.4 is 11.1 Å². The molecule has 1 aliphatic rings. The molecule has 0 aliphatic carbocycles. The summed E-state index contributed by atoms with van der Waals surface area (Å²) < 4.78 is 0. The molecular formula is C16H29Cl2N3O. The lowest BCUT2D eigenvalue weighted by atomic mass is 9.91. The summed E-state index contributed by atoms with van der Waals surface area (Å²) in [5, 5.41) is 13.8. The molecule has 1 heterocycles. The van der Waals surface area contributed by atoms with Gasteiger partial charge in [-0.15, -0.1) is 24.8 Å². The van der Waals surface area contributed by atoms with E-state index in [-0.39, 0.29) is 36.6 Å². The summed E-state index contributed by atoms with van der Waals surface area (Å²) in [5.74, 6) is 0.851. The predicted molar refractivity (Wildman–Crippen MR) is 98.4 cm³/mol. The number of nitrogens with one attached hydrogen (secondary N) is 1. The predicted octanol–water partition coefficient (Wildman–Crippen LogP) is 3.12. The van der Waals surface area contributed by atoms with Gasteiger partial charge in [0.15, 0.2) is 0 Å². The van der Waals surface area contributed by atoms with Crippen molar-refractivity contribution >= 4 is 30.5 Å². The fourth-order valence-corrected chi connectivity index (χ4v) is 3.04. The zero-order valence-corrected chi connectivity index (χ0v) is 15.3. The molecule has 1 aromatic carbocycles. The lowest BCUT2D eigenvalue weighted by Gasteiger charge is -2.37. The van der Waals surface area contributed by atoms with Gasteiger partial charge in [0, 0.05) is 37.8 Å². The molecule has 1 aliphatic heterocycles. The third kappa shape index (κ3) is 4.92. The number of rotatable bonds is 4. The van der Waals surface area contributed by atoms with E-state index in [0.717, 1.165) is 43.7 Å². The second kappa shape index (κ2) is 9.46. The van der Waals surface area contributed by atoms with E-state index in [9.17, 15) is 5.11 Å². The lowest BCUT2D eigenvalue weighted by molar-refractivity contribution is 0.151. The zero-order chi connectivity index (χ0) is 14.7. The summed E-state index contributed by atoms with van der Waals surface area (Å²) in [4.78, 5) is 2.47. The van der Waals surface area contributed by atoms with Gasteiger partial charge < -0.3 is 16.2 Å². The maximum atomic E-state index is 10.4. The molecular weight excluding hydrogens is 321 g/mol. The van der Waals surface area contributed by atoms with Crippen LogP contribution in [-0.2, 0) is 0 Å². The molecule has 2 rings (SSSR count). The summed E-state index contributed by atoms with van der Waals surface area (Å²) in [7, 11) is 0. The SMILES string of the molecule is Cc1ccc(N)c(O)c1[C@H](CC(C)C)N1CCNCC1.Cl.Cl. The van der Waals surface area contributed by atoms with E-state index >= 15 is 0 Å². The van der Waals surface area contributed by atoms with Gasteiger partial charge in [0.2, 0.25) is 0 Å². The van der Waals surface area contributed by atoms with E-state index in [2.05, 4.69) is 31.0 Å². The number of nitrogen functional groups attached to an aromatic ring is 1. The van der Waals surface area contributed by atoms with Crippen molar-refractivity contribution in [1.82, 2.24) is 10.2 Å². The van der Waals surface area contributed by atoms with E-state index in [1.165, 1.54) is 0 Å². The molecule has 22 heavy (non-hydrogen) atoms. The average Bonchev–Trinajstić information content (AvgIpc) is 2.43. The molecule has 1 atom stereocenters. The smallest absolute Gasteiger partial charge is 0.143 e. The van der Waals surface area contributed by atoms with Crippen molar-refractivity contribution < 1.29 is 5.11 Å². The molecule has 4 nitrogen and oxygen atoms in total. The van der Waals surface area contributed by atoms with E-state index in [0.29, 0.717) is 11.6 Å². The standard InChI is InChI=1S/C16H27N3O.2ClH/c1-11(2)10-14(19-8-6-18-7-9-19)15-12(3)4-5-13(17)16(15)20;;/h4-5,11,14,18,20H,6-10,17H2,1-3H3;2*1H/t14-;;/m0../s1. The first kappa shape index (κ1) is 21.3. The molecule has 1 aromatic rings. The van der Waals surface area contributed by atoms with Gasteiger partial charge in [-0.1, -0.05) is 19.9 Å². The highest BCUT2D eigenvalue weighted by atomic mass is 35.5. The van der Waals surface area contributed by atoms with Crippen molar-refractivity contribution in [3.63, 3.8) is 0 Å². The van der Waals surface area contributed by atoms with Crippen molar-refractivity contribution in [3.8, 4) is 5.75 Å². The zero-order valence-electron chi connectivity index (χ0n) is 13.6. The second-order valence-electron chi connectivity index (χ2n) is 6.17. The fraction of sp³-hybridized carbons (Fsp3) is 0.625. The minimum Gasteiger partial charge on any atom is -0.505 e. The number of aromatic hydroxyl groups is 1. The molecule has 1 fully saturated rings. The van der Waals surface area contributed by atoms with Gasteiger partial charge in [0.05, 0.1) is 5.69 Å². The molecule has 4 N–H and O–H groups in total. The highest BCUT2D eigenvalue weighted by Gasteiger charge is 2.27. The van der Waals surface area contributed by atoms with Crippen molar-refractivity contribution in [2.75, 3.05) is 31.9 Å². The Kier molecular flexibility index (Phi) is 9.16. The first-order chi connectivity index (χ1) is 9.50. The Balaban J connectivity index is 0.00000220. The van der Waals surface area contributed by atoms with Crippen LogP contribution in [0.2, 0.25) is 0 Å². The van der Waals surface area contributed by atoms with Gasteiger partial charge in [0.25, 0.3) is 0 Å². The summed E-state index contributed by atoms with van der Waals surface area (Å²) in [5.41, 5.74) is 8.53. The Hall–Kier alpha value is -0.680. The maximum absolute atomic E-state index is 10.4. The van der Waals surface area contributed by atoms with Crippen LogP contribution in [0.25, 0.3) is 0 Å². The van der Waals surface area contributed by atoms with Crippen LogP contribution in [0, 0.1) is 12.8 Å². The summed E-state index contributed by atoms with van der Waals surface area (Å²) in [6.07, 6.45) is 1.04. The minimum atomic E-state index is 0. The number of hydrogen-bond acceptors (Lipinski definition) is 4. The number of phenolic OH excluding ortho intramolecular Hbond substituents is 1. The number of aryl methyl sites for hydroxylation is 1. The van der Waals surface area contributed by atoms with Gasteiger partial charge >= 0.3 is 0 Å². The number of nitrogens with zero attached hydrogens (tertiary/aromatic N) is 1. The summed E-state index contributed by atoms with van der Waals surface area (Å²) >= 11 is 0. The lowest BCUT2D eigenvalue weighted by Crippen LogP contribution is -2.45. The molecule has 0 bridgehead atoms. The quantitative estimate of drug-likeness (QED) is 0.577. The largest absolute Gasteiger partial charge is 0.505 e. The van der Waals surface area contributed by atoms with E-state index < -0.39 is 0 Å². The van der Waals surface area contributed by atoms with Crippen LogP contribution in [0.15, 0.2) is 12.1 Å². The van der Waals surface area contributed by atoms with Crippen LogP contribution in [0.4, 0.5) is 5.69 Å². The van der Waals surface area contributed by atoms with Gasteiger partial charge in [0.1, 0.15) is 5.75 Å². The Bertz CT molecular complexity index is 463. The van der Waals surface area contributed by atoms with Crippen molar-refractivity contribution in [2.45, 2.75) is 33.2 Å². The molecule has 0 saturated carbocycles. The van der Waals surface area contributed by atoms with Crippen molar-refractivity contribution in [3.05, 3.63) is 23.3 Å². The van der Waals surface area contributed by atoms with E-state index in [1.54, 1.807) is 6.07 Å². The molecule has 0 aromatic heterocycles. The van der Waals surface area contributed by atoms with Crippen LogP contribution in [0.5, 0.6) is 5.75 Å². The van der Waals surface area contributed by atoms with E-state index in [1.807, 2.05) is 6.07 Å². The van der Waals surface area contributed by atoms with Gasteiger partial charge in [-0.25, -0.2) is 0 Å². The first-order valence-corrected chi connectivity index (χ1v) is 7.53. The number of hydrogen-bond donors (Lipinski definition) is 3. The van der Waals surface area contributed by atoms with E-state index in [4.69, 9.17) is 5.73 Å². The van der Waals surface area contributed by atoms with Crippen LogP contribution in [-0.4, -0.2) is 36.2 Å². The topological polar surface area (TPSA) is 61.5 Å². The normalized spacial score (nSPS) is 16.7. The number of piperazine rings is 1. The minimum absolute atomic E-state index is 0. The molecule has 6 heteroatoms. The number of phenols is 1. The number of halogens is 2. The summed E-state index contributed by atoms with van der Waals surface area (Å²) in [6.45, 7) is 10.6. The Labute approximate surface area is 146 Å². The molecule has 0 spiro atoms. The number of nitrogens with two attached hydrogens (primary N) is 1. The molecule has 128 valence electrons. The Morgan fingerprint density at radius 2 is 1.82 bits per heavy atom. The second-order valence-corrected chi connectivity index (χ2v) is 6.17. The Morgan fingerprint density at radius 1 is 1.23 bits per heavy atom. The summed E-state index contributed by atoms with van der Waals surface area (Å²) in [6, 6.07) is 4.05. The van der Waals surface area contributed by atoms with Crippen LogP contribution in [0.1, 0.15) is 37.4 Å². The average molecular weight is 350 g/mol. The number of anilines is 1. The fourth-order valence-electron chi connectivity index (χ4n) is 3.04. The highest BCUT2D eigenvalue weighted by molar-refractivity contribution is 5.85. The highest BCUT2D eigenvalue weighted by Crippen LogP contribution is 2.39. The first-order valence-electron chi connectivity index (χ1n) is 7.53. The van der Waals surface area contributed by atoms with Gasteiger partial charge in [-0.2, -0.15) is 0 Å². The molecule has 1 saturated heterocycles. The Morgan fingerprint density at radius 3 is 2.36 bits per heavy atom. The van der Waals surface area contributed by atoms with Crippen LogP contribution >= 0.6 is 24.8 Å². The molecule has 0 unspecified atom stereocenters. The molecule has 0 radical (unpaired) electrons. The van der Waals surface area contributed by atoms with Gasteiger partial charge in [-0.3, -0.25) is 4.90 Å². The third-order valence-corrected chi connectivity index (χ3v) is 4.09. The number of benzene rings is 1. The van der Waals surface area contributed by atoms with Crippen molar-refractivity contribution in [1.29, 1.82) is 0 Å². The van der Waals surface area contributed by atoms with Crippen molar-refractivity contribution in [2.24, 2.45) is 5.92 Å². The van der Waals surface area contributed by atoms with Crippen LogP contribution in [0.3, 0.4) is 0 Å². The van der Waals surface area contributed by atoms with Gasteiger partial charge in [-0.05, 0) is 30.9 Å². The monoisotopic (exact) mass is 349 g/mol. The molecule has 0 amide bonds. The maximum Gasteiger partial charge on any atom is 0.143 e. The third-order valence-electron chi connectivity index (χ3n) is 4.09.